The van der Waals surface area contributed by atoms with Crippen molar-refractivity contribution in [2.75, 3.05) is 18.6 Å². The van der Waals surface area contributed by atoms with Crippen LogP contribution in [0.2, 0.25) is 0 Å². The maximum atomic E-state index is 14.2. The van der Waals surface area contributed by atoms with Gasteiger partial charge in [-0.15, -0.1) is 0 Å². The normalized spacial score (nSPS) is 23.6. The van der Waals surface area contributed by atoms with Crippen LogP contribution in [0.1, 0.15) is 98.8 Å². The van der Waals surface area contributed by atoms with Crippen LogP contribution < -0.4 is 21.7 Å². The Labute approximate surface area is 255 Å². The minimum absolute atomic E-state index is 0.0965. The molecule has 0 bridgehead atoms. The fourth-order valence-electron chi connectivity index (χ4n) is 6.63. The molecule has 3 fully saturated rings. The summed E-state index contributed by atoms with van der Waals surface area (Å²) < 4.78 is 0. The van der Waals surface area contributed by atoms with Crippen molar-refractivity contribution in [3.8, 4) is 0 Å². The third-order valence-corrected chi connectivity index (χ3v) is 9.97. The van der Waals surface area contributed by atoms with Gasteiger partial charge in [0.2, 0.25) is 17.6 Å². The third-order valence-electron chi connectivity index (χ3n) is 9.36. The summed E-state index contributed by atoms with van der Waals surface area (Å²) in [5, 5.41) is 9.05. The maximum Gasteiger partial charge on any atom is 0.315 e. The minimum atomic E-state index is -1.07. The number of urea groups is 1. The summed E-state index contributed by atoms with van der Waals surface area (Å²) in [6, 6.07) is -3.04. The second kappa shape index (κ2) is 14.4. The SMILES string of the molecule is CSCCC1(NC(=O)N[C@H](C(=O)N2CC[C@H](C(C)C)[C@H]2C(=O)NC(CC2CC2)C(=O)C(N)=O)C(C)(C)C)CCCCC1. The second-order valence-electron chi connectivity index (χ2n) is 14.1. The van der Waals surface area contributed by atoms with Crippen LogP contribution in [0.3, 0.4) is 0 Å². The number of likely N-dealkylation sites (tertiary alicyclic amines) is 1. The number of carbonyl (C=O) groups is 5. The molecule has 3 rings (SSSR count). The van der Waals surface area contributed by atoms with Crippen LogP contribution in [0.5, 0.6) is 0 Å². The Morgan fingerprint density at radius 2 is 1.64 bits per heavy atom. The van der Waals surface area contributed by atoms with Crippen LogP contribution in [0.15, 0.2) is 0 Å². The van der Waals surface area contributed by atoms with Crippen LogP contribution >= 0.6 is 11.8 Å². The number of amides is 5. The maximum absolute atomic E-state index is 14.2. The molecular formula is C31H53N5O5S. The zero-order valence-electron chi connectivity index (χ0n) is 26.4. The standard InChI is InChI=1S/C31H53N5O5S/c1-19(2)21-12-16-36(23(21)27(39)33-22(18-20-10-11-20)24(37)26(32)38)28(40)25(30(3,4)5)34-29(41)35-31(15-17-42-6)13-8-7-9-14-31/h19-23,25H,7-18H2,1-6H3,(H2,32,38)(H,33,39)(H2,34,35,41)/t21-,22?,23+,25-/m1/s1. The van der Waals surface area contributed by atoms with E-state index >= 15 is 0 Å². The number of rotatable bonds is 13. The molecule has 1 saturated heterocycles. The van der Waals surface area contributed by atoms with Gasteiger partial charge in [0.25, 0.3) is 5.91 Å². The van der Waals surface area contributed by atoms with Gasteiger partial charge in [0.05, 0.1) is 6.04 Å². The molecule has 0 spiro atoms. The Morgan fingerprint density at radius 3 is 2.17 bits per heavy atom. The molecule has 238 valence electrons. The van der Waals surface area contributed by atoms with Crippen molar-refractivity contribution in [3.05, 3.63) is 0 Å². The van der Waals surface area contributed by atoms with Gasteiger partial charge in [0.1, 0.15) is 12.1 Å². The van der Waals surface area contributed by atoms with E-state index in [2.05, 4.69) is 22.2 Å². The van der Waals surface area contributed by atoms with Crippen LogP contribution in [0, 0.1) is 23.2 Å². The molecule has 1 aliphatic heterocycles. The van der Waals surface area contributed by atoms with E-state index in [0.717, 1.165) is 57.1 Å². The van der Waals surface area contributed by atoms with Crippen molar-refractivity contribution in [2.45, 2.75) is 122 Å². The number of nitrogens with zero attached hydrogens (tertiary/aromatic N) is 1. The number of nitrogens with one attached hydrogen (secondary N) is 3. The fraction of sp³-hybridized carbons (Fsp3) is 0.839. The van der Waals surface area contributed by atoms with Crippen molar-refractivity contribution < 1.29 is 24.0 Å². The Bertz CT molecular complexity index is 1000. The number of thioether (sulfide) groups is 1. The highest BCUT2D eigenvalue weighted by Crippen LogP contribution is 2.36. The topological polar surface area (TPSA) is 151 Å². The molecule has 10 nitrogen and oxygen atoms in total. The number of carbonyl (C=O) groups excluding carboxylic acids is 5. The summed E-state index contributed by atoms with van der Waals surface area (Å²) >= 11 is 1.76. The molecule has 1 unspecified atom stereocenters. The number of Topliss-reactive ketones (excluding diaryl/α,β-unsaturated/α-hetero) is 1. The van der Waals surface area contributed by atoms with Crippen molar-refractivity contribution in [1.29, 1.82) is 0 Å². The number of ketones is 1. The highest BCUT2D eigenvalue weighted by Gasteiger charge is 2.48. The Balaban J connectivity index is 1.81. The predicted octanol–water partition coefficient (Wildman–Crippen LogP) is 3.37. The first kappa shape index (κ1) is 34.2. The first-order valence-corrected chi connectivity index (χ1v) is 17.1. The van der Waals surface area contributed by atoms with Gasteiger partial charge in [-0.2, -0.15) is 11.8 Å². The van der Waals surface area contributed by atoms with Gasteiger partial charge < -0.3 is 26.6 Å². The van der Waals surface area contributed by atoms with Crippen LogP contribution in [0.4, 0.5) is 4.79 Å². The summed E-state index contributed by atoms with van der Waals surface area (Å²) in [5.41, 5.74) is 4.40. The number of nitrogens with two attached hydrogens (primary N) is 1. The van der Waals surface area contributed by atoms with Crippen molar-refractivity contribution >= 4 is 41.3 Å². The summed E-state index contributed by atoms with van der Waals surface area (Å²) in [6.07, 6.45) is 11.0. The predicted molar refractivity (Wildman–Crippen MR) is 166 cm³/mol. The van der Waals surface area contributed by atoms with Crippen LogP contribution in [0.25, 0.3) is 0 Å². The lowest BCUT2D eigenvalue weighted by Gasteiger charge is -2.40. The van der Waals surface area contributed by atoms with Gasteiger partial charge >= 0.3 is 6.03 Å². The monoisotopic (exact) mass is 607 g/mol. The Hall–Kier alpha value is -2.30. The molecule has 0 aromatic heterocycles. The number of hydrogen-bond donors (Lipinski definition) is 4. The molecule has 42 heavy (non-hydrogen) atoms. The molecule has 5 amide bonds. The Kier molecular flexibility index (Phi) is 11.8. The van der Waals surface area contributed by atoms with E-state index in [1.807, 2.05) is 34.6 Å². The van der Waals surface area contributed by atoms with Crippen LogP contribution in [-0.2, 0) is 19.2 Å². The molecule has 4 atom stereocenters. The van der Waals surface area contributed by atoms with Gasteiger partial charge in [-0.25, -0.2) is 4.79 Å². The van der Waals surface area contributed by atoms with E-state index in [1.165, 1.54) is 0 Å². The molecule has 0 radical (unpaired) electrons. The first-order chi connectivity index (χ1) is 19.7. The molecule has 2 aliphatic carbocycles. The third kappa shape index (κ3) is 8.86. The number of hydrogen-bond acceptors (Lipinski definition) is 6. The van der Waals surface area contributed by atoms with Gasteiger partial charge in [0.15, 0.2) is 0 Å². The highest BCUT2D eigenvalue weighted by atomic mass is 32.2. The fourth-order valence-corrected chi connectivity index (χ4v) is 7.23. The highest BCUT2D eigenvalue weighted by molar-refractivity contribution is 7.98. The van der Waals surface area contributed by atoms with Crippen LogP contribution in [-0.4, -0.2) is 76.7 Å². The van der Waals surface area contributed by atoms with Gasteiger partial charge in [-0.3, -0.25) is 19.2 Å². The molecule has 0 aromatic rings. The molecule has 11 heteroatoms. The summed E-state index contributed by atoms with van der Waals surface area (Å²) in [5.74, 6) is -1.46. The lowest BCUT2D eigenvalue weighted by Crippen LogP contribution is -2.62. The summed E-state index contributed by atoms with van der Waals surface area (Å²) in [6.45, 7) is 10.1. The van der Waals surface area contributed by atoms with E-state index in [0.29, 0.717) is 19.4 Å². The lowest BCUT2D eigenvalue weighted by molar-refractivity contribution is -0.144. The van der Waals surface area contributed by atoms with E-state index in [1.54, 1.807) is 16.7 Å². The average Bonchev–Trinajstić information content (AvgIpc) is 3.62. The first-order valence-electron chi connectivity index (χ1n) is 15.7. The molecule has 0 aromatic carbocycles. The zero-order chi connectivity index (χ0) is 31.2. The van der Waals surface area contributed by atoms with E-state index < -0.39 is 41.1 Å². The van der Waals surface area contributed by atoms with Crippen molar-refractivity contribution in [2.24, 2.45) is 28.9 Å². The lowest BCUT2D eigenvalue weighted by atomic mass is 9.79. The molecular weight excluding hydrogens is 554 g/mol. The minimum Gasteiger partial charge on any atom is -0.363 e. The zero-order valence-corrected chi connectivity index (χ0v) is 27.2. The molecule has 3 aliphatic rings. The van der Waals surface area contributed by atoms with E-state index in [4.69, 9.17) is 5.73 Å². The van der Waals surface area contributed by atoms with Crippen molar-refractivity contribution in [3.63, 3.8) is 0 Å². The van der Waals surface area contributed by atoms with Gasteiger partial charge in [-0.05, 0) is 67.3 Å². The largest absolute Gasteiger partial charge is 0.363 e. The molecule has 2 saturated carbocycles. The second-order valence-corrected chi connectivity index (χ2v) is 15.1. The van der Waals surface area contributed by atoms with E-state index in [9.17, 15) is 24.0 Å². The summed E-state index contributed by atoms with van der Waals surface area (Å²) in [7, 11) is 0. The number of primary amides is 1. The Morgan fingerprint density at radius 1 is 1.00 bits per heavy atom. The quantitative estimate of drug-likeness (QED) is 0.236. The average molecular weight is 608 g/mol. The smallest absolute Gasteiger partial charge is 0.315 e. The summed E-state index contributed by atoms with van der Waals surface area (Å²) in [4.78, 5) is 67.4. The van der Waals surface area contributed by atoms with E-state index in [-0.39, 0.29) is 35.2 Å². The van der Waals surface area contributed by atoms with Gasteiger partial charge in [-0.1, -0.05) is 66.7 Å². The molecule has 5 N–H and O–H groups in total. The molecule has 1 heterocycles. The van der Waals surface area contributed by atoms with Crippen molar-refractivity contribution in [1.82, 2.24) is 20.9 Å². The van der Waals surface area contributed by atoms with Gasteiger partial charge in [0, 0.05) is 12.1 Å².